The van der Waals surface area contributed by atoms with E-state index in [4.69, 9.17) is 27.9 Å². The van der Waals surface area contributed by atoms with Crippen LogP contribution in [-0.2, 0) is 9.53 Å². The molecule has 1 atom stereocenters. The minimum Gasteiger partial charge on any atom is -0.469 e. The Morgan fingerprint density at radius 1 is 1.33 bits per heavy atom. The normalized spacial score (nSPS) is 18.5. The number of carbonyl (C=O) groups excluding carboxylic acids is 2. The molecule has 1 aromatic rings. The minimum atomic E-state index is -0.703. The van der Waals surface area contributed by atoms with Gasteiger partial charge in [-0.25, -0.2) is 4.39 Å². The van der Waals surface area contributed by atoms with Gasteiger partial charge in [-0.3, -0.25) is 9.59 Å². The highest BCUT2D eigenvalue weighted by Gasteiger charge is 2.30. The first kappa shape index (κ1) is 16.0. The average molecular weight is 334 g/mol. The SMILES string of the molecule is COC(=O)[C@H]1CCCN(C(=O)c2cc(F)c(Cl)cc2Cl)C1. The largest absolute Gasteiger partial charge is 0.469 e. The lowest BCUT2D eigenvalue weighted by Gasteiger charge is -2.31. The molecule has 0 unspecified atom stereocenters. The van der Waals surface area contributed by atoms with Crippen molar-refractivity contribution in [1.29, 1.82) is 0 Å². The second-order valence-corrected chi connectivity index (χ2v) is 5.67. The number of hydrogen-bond acceptors (Lipinski definition) is 3. The van der Waals surface area contributed by atoms with Gasteiger partial charge in [0.05, 0.1) is 28.6 Å². The third kappa shape index (κ3) is 3.47. The van der Waals surface area contributed by atoms with Gasteiger partial charge in [0.25, 0.3) is 5.91 Å². The highest BCUT2D eigenvalue weighted by atomic mass is 35.5. The van der Waals surface area contributed by atoms with Crippen molar-refractivity contribution in [2.75, 3.05) is 20.2 Å². The number of methoxy groups -OCH3 is 1. The van der Waals surface area contributed by atoms with E-state index < -0.39 is 11.7 Å². The smallest absolute Gasteiger partial charge is 0.310 e. The van der Waals surface area contributed by atoms with Crippen molar-refractivity contribution >= 4 is 35.1 Å². The molecule has 1 fully saturated rings. The van der Waals surface area contributed by atoms with Crippen LogP contribution in [0.1, 0.15) is 23.2 Å². The Morgan fingerprint density at radius 2 is 2.05 bits per heavy atom. The Kier molecular flexibility index (Phi) is 5.06. The van der Waals surface area contributed by atoms with Gasteiger partial charge in [0.2, 0.25) is 0 Å². The third-order valence-corrected chi connectivity index (χ3v) is 4.09. The maximum absolute atomic E-state index is 13.5. The zero-order valence-corrected chi connectivity index (χ0v) is 12.9. The first-order valence-electron chi connectivity index (χ1n) is 6.45. The Labute approximate surface area is 131 Å². The van der Waals surface area contributed by atoms with Crippen molar-refractivity contribution in [3.63, 3.8) is 0 Å². The molecule has 1 aliphatic rings. The van der Waals surface area contributed by atoms with Crippen molar-refractivity contribution < 1.29 is 18.7 Å². The molecule has 0 N–H and O–H groups in total. The van der Waals surface area contributed by atoms with E-state index >= 15 is 0 Å². The fourth-order valence-electron chi connectivity index (χ4n) is 2.38. The molecule has 21 heavy (non-hydrogen) atoms. The van der Waals surface area contributed by atoms with E-state index in [1.54, 1.807) is 0 Å². The molecule has 0 aromatic heterocycles. The minimum absolute atomic E-state index is 0.0454. The Bertz CT molecular complexity index is 580. The molecule has 2 rings (SSSR count). The quantitative estimate of drug-likeness (QED) is 0.617. The second-order valence-electron chi connectivity index (χ2n) is 4.86. The number of benzene rings is 1. The van der Waals surface area contributed by atoms with Gasteiger partial charge in [-0.2, -0.15) is 0 Å². The molecule has 0 bridgehead atoms. The summed E-state index contributed by atoms with van der Waals surface area (Å²) in [7, 11) is 1.31. The molecule has 0 aliphatic carbocycles. The van der Waals surface area contributed by atoms with Crippen LogP contribution in [0.2, 0.25) is 10.0 Å². The standard InChI is InChI=1S/C14H14Cl2FNO3/c1-21-14(20)8-3-2-4-18(7-8)13(19)9-5-12(17)11(16)6-10(9)15/h5-6,8H,2-4,7H2,1H3/t8-/m0/s1. The van der Waals surface area contributed by atoms with Crippen molar-refractivity contribution in [3.8, 4) is 0 Å². The summed E-state index contributed by atoms with van der Waals surface area (Å²) in [5.74, 6) is -1.82. The van der Waals surface area contributed by atoms with Crippen molar-refractivity contribution in [2.24, 2.45) is 5.92 Å². The number of halogens is 3. The number of likely N-dealkylation sites (tertiary alicyclic amines) is 1. The van der Waals surface area contributed by atoms with Crippen LogP contribution in [0.25, 0.3) is 0 Å². The summed E-state index contributed by atoms with van der Waals surface area (Å²) >= 11 is 11.6. The number of esters is 1. The van der Waals surface area contributed by atoms with Crippen LogP contribution >= 0.6 is 23.2 Å². The van der Waals surface area contributed by atoms with E-state index in [1.807, 2.05) is 0 Å². The van der Waals surface area contributed by atoms with Crippen LogP contribution in [0.3, 0.4) is 0 Å². The van der Waals surface area contributed by atoms with Crippen molar-refractivity contribution in [2.45, 2.75) is 12.8 Å². The summed E-state index contributed by atoms with van der Waals surface area (Å²) in [5.41, 5.74) is 0.0454. The Morgan fingerprint density at radius 3 is 2.71 bits per heavy atom. The maximum Gasteiger partial charge on any atom is 0.310 e. The number of carbonyl (C=O) groups is 2. The molecule has 1 heterocycles. The van der Waals surface area contributed by atoms with E-state index in [1.165, 1.54) is 18.1 Å². The highest BCUT2D eigenvalue weighted by Crippen LogP contribution is 2.27. The zero-order valence-electron chi connectivity index (χ0n) is 11.4. The number of amides is 1. The zero-order chi connectivity index (χ0) is 15.6. The van der Waals surface area contributed by atoms with Gasteiger partial charge < -0.3 is 9.64 Å². The summed E-state index contributed by atoms with van der Waals surface area (Å²) in [5, 5.41) is -0.0470. The average Bonchev–Trinajstić information content (AvgIpc) is 2.49. The number of nitrogens with zero attached hydrogens (tertiary/aromatic N) is 1. The molecule has 1 aliphatic heterocycles. The number of piperidine rings is 1. The van der Waals surface area contributed by atoms with Gasteiger partial charge in [-0.05, 0) is 25.0 Å². The van der Waals surface area contributed by atoms with Gasteiger partial charge in [0, 0.05) is 13.1 Å². The van der Waals surface area contributed by atoms with Crippen molar-refractivity contribution in [1.82, 2.24) is 4.90 Å². The fraction of sp³-hybridized carbons (Fsp3) is 0.429. The summed E-state index contributed by atoms with van der Waals surface area (Å²) in [6, 6.07) is 2.22. The lowest BCUT2D eigenvalue weighted by molar-refractivity contribution is -0.146. The Balaban J connectivity index is 2.20. The lowest BCUT2D eigenvalue weighted by Crippen LogP contribution is -2.42. The predicted molar refractivity (Wildman–Crippen MR) is 77.1 cm³/mol. The van der Waals surface area contributed by atoms with Crippen LogP contribution in [0.4, 0.5) is 4.39 Å². The topological polar surface area (TPSA) is 46.6 Å². The molecular formula is C14H14Cl2FNO3. The van der Waals surface area contributed by atoms with Gasteiger partial charge in [-0.15, -0.1) is 0 Å². The molecule has 0 radical (unpaired) electrons. The Hall–Kier alpha value is -1.33. The molecule has 0 spiro atoms. The van der Waals surface area contributed by atoms with Gasteiger partial charge >= 0.3 is 5.97 Å². The summed E-state index contributed by atoms with van der Waals surface area (Å²) in [4.78, 5) is 25.5. The fourth-order valence-corrected chi connectivity index (χ4v) is 2.84. The lowest BCUT2D eigenvalue weighted by atomic mass is 9.97. The van der Waals surface area contributed by atoms with Crippen LogP contribution < -0.4 is 0 Å². The highest BCUT2D eigenvalue weighted by molar-refractivity contribution is 6.36. The summed E-state index contributed by atoms with van der Waals surface area (Å²) < 4.78 is 18.2. The molecule has 1 amide bonds. The molecule has 1 saturated heterocycles. The first-order valence-corrected chi connectivity index (χ1v) is 7.21. The van der Waals surface area contributed by atoms with Crippen LogP contribution in [0.15, 0.2) is 12.1 Å². The molecule has 4 nitrogen and oxygen atoms in total. The number of rotatable bonds is 2. The maximum atomic E-state index is 13.5. The molecular weight excluding hydrogens is 320 g/mol. The second kappa shape index (κ2) is 6.62. The van der Waals surface area contributed by atoms with E-state index in [2.05, 4.69) is 0 Å². The van der Waals surface area contributed by atoms with E-state index in [0.29, 0.717) is 19.4 Å². The monoisotopic (exact) mass is 333 g/mol. The molecule has 1 aromatic carbocycles. The van der Waals surface area contributed by atoms with Crippen LogP contribution in [0, 0.1) is 11.7 Å². The van der Waals surface area contributed by atoms with Crippen molar-refractivity contribution in [3.05, 3.63) is 33.6 Å². The van der Waals surface area contributed by atoms with Gasteiger partial charge in [-0.1, -0.05) is 23.2 Å². The van der Waals surface area contributed by atoms with E-state index in [-0.39, 0.29) is 34.0 Å². The third-order valence-electron chi connectivity index (χ3n) is 3.48. The first-order chi connectivity index (χ1) is 9.93. The van der Waals surface area contributed by atoms with Gasteiger partial charge in [0.1, 0.15) is 5.82 Å². The predicted octanol–water partition coefficient (Wildman–Crippen LogP) is 3.16. The molecule has 7 heteroatoms. The number of ether oxygens (including phenoxy) is 1. The van der Waals surface area contributed by atoms with E-state index in [0.717, 1.165) is 6.07 Å². The molecule has 114 valence electrons. The molecule has 0 saturated carbocycles. The van der Waals surface area contributed by atoms with E-state index in [9.17, 15) is 14.0 Å². The van der Waals surface area contributed by atoms with Gasteiger partial charge in [0.15, 0.2) is 0 Å². The van der Waals surface area contributed by atoms with Crippen LogP contribution in [0.5, 0.6) is 0 Å². The summed E-state index contributed by atoms with van der Waals surface area (Å²) in [6.45, 7) is 0.735. The summed E-state index contributed by atoms with van der Waals surface area (Å²) in [6.07, 6.45) is 1.35. The van der Waals surface area contributed by atoms with Crippen LogP contribution in [-0.4, -0.2) is 37.0 Å². The number of hydrogen-bond donors (Lipinski definition) is 0.